The zero-order chi connectivity index (χ0) is 11.7. The number of nitrogens with one attached hydrogen (secondary N) is 1. The van der Waals surface area contributed by atoms with Crippen LogP contribution in [0.3, 0.4) is 0 Å². The lowest BCUT2D eigenvalue weighted by atomic mass is 9.94. The van der Waals surface area contributed by atoms with Gasteiger partial charge in [0.1, 0.15) is 0 Å². The summed E-state index contributed by atoms with van der Waals surface area (Å²) in [5.74, 6) is 1.80. The third kappa shape index (κ3) is 3.46. The summed E-state index contributed by atoms with van der Waals surface area (Å²) in [6.45, 7) is 1.21. The van der Waals surface area contributed by atoms with E-state index >= 15 is 0 Å². The lowest BCUT2D eigenvalue weighted by molar-refractivity contribution is 0.422. The average Bonchev–Trinajstić information content (AvgIpc) is 3.18. The molecule has 1 atom stereocenters. The molecule has 0 spiro atoms. The molecular formula is C15H20ClN. The zero-order valence-corrected chi connectivity index (χ0v) is 10.9. The van der Waals surface area contributed by atoms with E-state index in [-0.39, 0.29) is 0 Å². The average molecular weight is 250 g/mol. The van der Waals surface area contributed by atoms with Crippen LogP contribution in [0, 0.1) is 11.8 Å². The Morgan fingerprint density at radius 3 is 2.41 bits per heavy atom. The topological polar surface area (TPSA) is 12.0 Å². The summed E-state index contributed by atoms with van der Waals surface area (Å²) in [6.07, 6.45) is 6.85. The smallest absolute Gasteiger partial charge is 0.0406 e. The standard InChI is InChI=1S/C15H20ClN/c16-14-5-1-11(2-6-14)9-13(12-3-4-12)10-17-15-7-8-15/h1-2,5-6,12-13,15,17H,3-4,7-10H2. The second-order valence-electron chi connectivity index (χ2n) is 5.61. The van der Waals surface area contributed by atoms with Crippen molar-refractivity contribution in [2.75, 3.05) is 6.54 Å². The van der Waals surface area contributed by atoms with Crippen LogP contribution in [0.1, 0.15) is 31.2 Å². The second kappa shape index (κ2) is 4.99. The minimum atomic E-state index is 0.830. The molecule has 0 aliphatic heterocycles. The van der Waals surface area contributed by atoms with Crippen LogP contribution >= 0.6 is 11.6 Å². The molecule has 0 radical (unpaired) electrons. The van der Waals surface area contributed by atoms with Crippen LogP contribution in [0.5, 0.6) is 0 Å². The molecule has 1 aromatic carbocycles. The fourth-order valence-corrected chi connectivity index (χ4v) is 2.63. The molecule has 2 aliphatic carbocycles. The Labute approximate surface area is 109 Å². The summed E-state index contributed by atoms with van der Waals surface area (Å²) in [6, 6.07) is 9.20. The molecule has 2 aliphatic rings. The van der Waals surface area contributed by atoms with Crippen molar-refractivity contribution in [3.05, 3.63) is 34.9 Å². The van der Waals surface area contributed by atoms with Crippen molar-refractivity contribution in [3.63, 3.8) is 0 Å². The van der Waals surface area contributed by atoms with Crippen LogP contribution in [0.2, 0.25) is 5.02 Å². The first-order valence-electron chi connectivity index (χ1n) is 6.79. The molecule has 0 saturated heterocycles. The second-order valence-corrected chi connectivity index (χ2v) is 6.05. The molecule has 17 heavy (non-hydrogen) atoms. The first-order chi connectivity index (χ1) is 8.31. The van der Waals surface area contributed by atoms with Gasteiger partial charge in [0, 0.05) is 11.1 Å². The van der Waals surface area contributed by atoms with Gasteiger partial charge in [0.15, 0.2) is 0 Å². The molecule has 0 aromatic heterocycles. The minimum Gasteiger partial charge on any atom is -0.314 e. The molecule has 1 aromatic rings. The number of hydrogen-bond acceptors (Lipinski definition) is 1. The van der Waals surface area contributed by atoms with Gasteiger partial charge in [-0.05, 0) is 68.2 Å². The Balaban J connectivity index is 1.56. The van der Waals surface area contributed by atoms with Crippen molar-refractivity contribution in [1.29, 1.82) is 0 Å². The summed E-state index contributed by atoms with van der Waals surface area (Å²) in [4.78, 5) is 0. The van der Waals surface area contributed by atoms with Gasteiger partial charge in [-0.25, -0.2) is 0 Å². The summed E-state index contributed by atoms with van der Waals surface area (Å²) in [7, 11) is 0. The van der Waals surface area contributed by atoms with Crippen LogP contribution in [0.25, 0.3) is 0 Å². The van der Waals surface area contributed by atoms with Crippen LogP contribution < -0.4 is 5.32 Å². The third-order valence-corrected chi connectivity index (χ3v) is 4.20. The Bertz CT molecular complexity index is 365. The van der Waals surface area contributed by atoms with Crippen molar-refractivity contribution in [1.82, 2.24) is 5.32 Å². The summed E-state index contributed by atoms with van der Waals surface area (Å²) < 4.78 is 0. The van der Waals surface area contributed by atoms with Crippen molar-refractivity contribution < 1.29 is 0 Å². The van der Waals surface area contributed by atoms with Gasteiger partial charge in [-0.3, -0.25) is 0 Å². The van der Waals surface area contributed by atoms with Gasteiger partial charge in [0.05, 0.1) is 0 Å². The van der Waals surface area contributed by atoms with E-state index in [0.717, 1.165) is 22.9 Å². The SMILES string of the molecule is Clc1ccc(CC(CNC2CC2)C2CC2)cc1. The first-order valence-corrected chi connectivity index (χ1v) is 7.17. The molecule has 92 valence electrons. The molecule has 2 heteroatoms. The predicted molar refractivity (Wildman–Crippen MR) is 72.4 cm³/mol. The highest BCUT2D eigenvalue weighted by Gasteiger charge is 2.32. The molecule has 0 amide bonds. The number of benzene rings is 1. The van der Waals surface area contributed by atoms with E-state index < -0.39 is 0 Å². The van der Waals surface area contributed by atoms with Crippen LogP contribution in [-0.4, -0.2) is 12.6 Å². The van der Waals surface area contributed by atoms with E-state index in [1.54, 1.807) is 0 Å². The maximum Gasteiger partial charge on any atom is 0.0406 e. The van der Waals surface area contributed by atoms with Crippen molar-refractivity contribution in [2.45, 2.75) is 38.1 Å². The molecule has 1 N–H and O–H groups in total. The maximum atomic E-state index is 5.92. The lowest BCUT2D eigenvalue weighted by Crippen LogP contribution is -2.27. The Morgan fingerprint density at radius 1 is 1.12 bits per heavy atom. The molecule has 3 rings (SSSR count). The molecule has 1 nitrogen and oxygen atoms in total. The molecule has 2 fully saturated rings. The lowest BCUT2D eigenvalue weighted by Gasteiger charge is -2.17. The normalized spacial score (nSPS) is 21.5. The highest BCUT2D eigenvalue weighted by Crippen LogP contribution is 2.38. The van der Waals surface area contributed by atoms with E-state index in [1.165, 1.54) is 44.2 Å². The van der Waals surface area contributed by atoms with Gasteiger partial charge >= 0.3 is 0 Å². The van der Waals surface area contributed by atoms with Gasteiger partial charge < -0.3 is 5.32 Å². The Kier molecular flexibility index (Phi) is 3.39. The highest BCUT2D eigenvalue weighted by atomic mass is 35.5. The fraction of sp³-hybridized carbons (Fsp3) is 0.600. The van der Waals surface area contributed by atoms with Gasteiger partial charge in [-0.1, -0.05) is 23.7 Å². The summed E-state index contributed by atoms with van der Waals surface area (Å²) >= 11 is 5.92. The largest absolute Gasteiger partial charge is 0.314 e. The third-order valence-electron chi connectivity index (χ3n) is 3.95. The zero-order valence-electron chi connectivity index (χ0n) is 10.2. The molecule has 1 unspecified atom stereocenters. The van der Waals surface area contributed by atoms with E-state index in [2.05, 4.69) is 17.4 Å². The van der Waals surface area contributed by atoms with E-state index in [4.69, 9.17) is 11.6 Å². The molecular weight excluding hydrogens is 230 g/mol. The van der Waals surface area contributed by atoms with E-state index in [0.29, 0.717) is 0 Å². The molecule has 0 heterocycles. The number of hydrogen-bond donors (Lipinski definition) is 1. The van der Waals surface area contributed by atoms with E-state index in [1.807, 2.05) is 12.1 Å². The van der Waals surface area contributed by atoms with Crippen molar-refractivity contribution in [2.24, 2.45) is 11.8 Å². The quantitative estimate of drug-likeness (QED) is 0.811. The van der Waals surface area contributed by atoms with Crippen molar-refractivity contribution >= 4 is 11.6 Å². The van der Waals surface area contributed by atoms with Gasteiger partial charge in [0.2, 0.25) is 0 Å². The van der Waals surface area contributed by atoms with Crippen LogP contribution in [0.15, 0.2) is 24.3 Å². The van der Waals surface area contributed by atoms with Crippen molar-refractivity contribution in [3.8, 4) is 0 Å². The van der Waals surface area contributed by atoms with Gasteiger partial charge in [-0.15, -0.1) is 0 Å². The Morgan fingerprint density at radius 2 is 1.82 bits per heavy atom. The Hall–Kier alpha value is -0.530. The minimum absolute atomic E-state index is 0.830. The monoisotopic (exact) mass is 249 g/mol. The number of rotatable bonds is 6. The number of halogens is 1. The van der Waals surface area contributed by atoms with E-state index in [9.17, 15) is 0 Å². The van der Waals surface area contributed by atoms with Gasteiger partial charge in [0.25, 0.3) is 0 Å². The first kappa shape index (κ1) is 11.6. The summed E-state index contributed by atoms with van der Waals surface area (Å²) in [5, 5.41) is 4.52. The van der Waals surface area contributed by atoms with Gasteiger partial charge in [-0.2, -0.15) is 0 Å². The maximum absolute atomic E-state index is 5.92. The summed E-state index contributed by atoms with van der Waals surface area (Å²) in [5.41, 5.74) is 1.43. The van der Waals surface area contributed by atoms with Crippen LogP contribution in [-0.2, 0) is 6.42 Å². The molecule has 2 saturated carbocycles. The molecule has 0 bridgehead atoms. The highest BCUT2D eigenvalue weighted by molar-refractivity contribution is 6.30. The predicted octanol–water partition coefficient (Wildman–Crippen LogP) is 3.66. The fourth-order valence-electron chi connectivity index (χ4n) is 2.50. The van der Waals surface area contributed by atoms with Crippen LogP contribution in [0.4, 0.5) is 0 Å².